The van der Waals surface area contributed by atoms with Crippen molar-refractivity contribution < 1.29 is 0 Å². The molecule has 0 saturated carbocycles. The largest absolute Gasteiger partial charge is 0.299 e. The summed E-state index contributed by atoms with van der Waals surface area (Å²) in [6, 6.07) is 9.25. The van der Waals surface area contributed by atoms with E-state index in [0.29, 0.717) is 6.04 Å². The smallest absolute Gasteiger partial charge is 0.0650 e. The van der Waals surface area contributed by atoms with E-state index in [1.807, 2.05) is 6.07 Å². The lowest BCUT2D eigenvalue weighted by molar-refractivity contribution is 0.247. The van der Waals surface area contributed by atoms with Gasteiger partial charge in [-0.3, -0.25) is 10.00 Å². The van der Waals surface area contributed by atoms with E-state index in [1.165, 1.54) is 16.7 Å². The number of fused-ring (bicyclic) bond motifs is 1. The van der Waals surface area contributed by atoms with Crippen molar-refractivity contribution in [3.05, 3.63) is 41.6 Å². The molecule has 0 fully saturated rings. The minimum atomic E-state index is 0.502. The first kappa shape index (κ1) is 10.5. The summed E-state index contributed by atoms with van der Waals surface area (Å²) in [6.07, 6.45) is 2.95. The van der Waals surface area contributed by atoms with Crippen molar-refractivity contribution >= 4 is 0 Å². The first-order valence-corrected chi connectivity index (χ1v) is 6.08. The van der Waals surface area contributed by atoms with Crippen molar-refractivity contribution in [2.24, 2.45) is 0 Å². The van der Waals surface area contributed by atoms with Crippen molar-refractivity contribution in [3.63, 3.8) is 0 Å². The summed E-state index contributed by atoms with van der Waals surface area (Å²) < 4.78 is 0. The molecule has 1 aliphatic rings. The maximum atomic E-state index is 4.01. The first-order chi connectivity index (χ1) is 8.25. The maximum Gasteiger partial charge on any atom is 0.0650 e. The van der Waals surface area contributed by atoms with Crippen LogP contribution in [0.1, 0.15) is 24.1 Å². The Kier molecular flexibility index (Phi) is 2.48. The second-order valence-electron chi connectivity index (χ2n) is 4.79. The van der Waals surface area contributed by atoms with Crippen LogP contribution in [0.5, 0.6) is 0 Å². The second-order valence-corrected chi connectivity index (χ2v) is 4.79. The summed E-state index contributed by atoms with van der Waals surface area (Å²) in [5.74, 6) is 0. The molecule has 3 heteroatoms. The summed E-state index contributed by atoms with van der Waals surface area (Å²) in [6.45, 7) is 3.42. The molecule has 0 saturated heterocycles. The molecule has 88 valence electrons. The highest BCUT2D eigenvalue weighted by molar-refractivity contribution is 5.61. The van der Waals surface area contributed by atoms with Gasteiger partial charge in [-0.1, -0.05) is 12.1 Å². The van der Waals surface area contributed by atoms with Crippen LogP contribution in [0.3, 0.4) is 0 Å². The van der Waals surface area contributed by atoms with E-state index in [0.717, 1.165) is 18.7 Å². The van der Waals surface area contributed by atoms with Crippen molar-refractivity contribution in [3.8, 4) is 11.3 Å². The lowest BCUT2D eigenvalue weighted by Gasteiger charge is -2.32. The Morgan fingerprint density at radius 3 is 3.00 bits per heavy atom. The highest BCUT2D eigenvalue weighted by atomic mass is 15.1. The number of hydrogen-bond donors (Lipinski definition) is 1. The van der Waals surface area contributed by atoms with Gasteiger partial charge in [0.2, 0.25) is 0 Å². The molecule has 1 N–H and O–H groups in total. The average Bonchev–Trinajstić information content (AvgIpc) is 2.87. The molecule has 0 amide bonds. The van der Waals surface area contributed by atoms with E-state index >= 15 is 0 Å². The van der Waals surface area contributed by atoms with Gasteiger partial charge in [-0.15, -0.1) is 0 Å². The zero-order valence-corrected chi connectivity index (χ0v) is 10.3. The Morgan fingerprint density at radius 2 is 2.24 bits per heavy atom. The van der Waals surface area contributed by atoms with Crippen molar-refractivity contribution in [2.45, 2.75) is 19.4 Å². The average molecular weight is 227 g/mol. The SMILES string of the molecule is CC1c2cc(-c3ccn[nH]3)ccc2CCN1C. The van der Waals surface area contributed by atoms with Gasteiger partial charge in [-0.05, 0) is 49.2 Å². The Hall–Kier alpha value is -1.61. The molecule has 17 heavy (non-hydrogen) atoms. The van der Waals surface area contributed by atoms with Crippen molar-refractivity contribution in [1.29, 1.82) is 0 Å². The summed E-state index contributed by atoms with van der Waals surface area (Å²) in [7, 11) is 2.19. The van der Waals surface area contributed by atoms with Crippen LogP contribution >= 0.6 is 0 Å². The van der Waals surface area contributed by atoms with Crippen LogP contribution in [0.2, 0.25) is 0 Å². The van der Waals surface area contributed by atoms with Gasteiger partial charge in [0.25, 0.3) is 0 Å². The molecule has 3 rings (SSSR count). The monoisotopic (exact) mass is 227 g/mol. The third-order valence-electron chi connectivity index (χ3n) is 3.80. The predicted octanol–water partition coefficient (Wildman–Crippen LogP) is 2.63. The quantitative estimate of drug-likeness (QED) is 0.812. The summed E-state index contributed by atoms with van der Waals surface area (Å²) in [5.41, 5.74) is 5.25. The van der Waals surface area contributed by atoms with Gasteiger partial charge in [0.05, 0.1) is 5.69 Å². The van der Waals surface area contributed by atoms with E-state index < -0.39 is 0 Å². The Balaban J connectivity index is 2.06. The molecule has 2 heterocycles. The fourth-order valence-electron chi connectivity index (χ4n) is 2.52. The topological polar surface area (TPSA) is 31.9 Å². The second kappa shape index (κ2) is 4.00. The lowest BCUT2D eigenvalue weighted by Crippen LogP contribution is -2.30. The Bertz CT molecular complexity index is 516. The molecule has 2 aromatic rings. The van der Waals surface area contributed by atoms with Gasteiger partial charge in [0.1, 0.15) is 0 Å². The molecule has 1 aromatic heterocycles. The highest BCUT2D eigenvalue weighted by Crippen LogP contribution is 2.31. The number of likely N-dealkylation sites (N-methyl/N-ethyl adjacent to an activating group) is 1. The number of benzene rings is 1. The predicted molar refractivity (Wildman–Crippen MR) is 68.8 cm³/mol. The maximum absolute atomic E-state index is 4.01. The van der Waals surface area contributed by atoms with Crippen LogP contribution in [0.4, 0.5) is 0 Å². The minimum Gasteiger partial charge on any atom is -0.299 e. The highest BCUT2D eigenvalue weighted by Gasteiger charge is 2.21. The summed E-state index contributed by atoms with van der Waals surface area (Å²) >= 11 is 0. The van der Waals surface area contributed by atoms with Crippen molar-refractivity contribution in [2.75, 3.05) is 13.6 Å². The molecule has 1 aromatic carbocycles. The fourth-order valence-corrected chi connectivity index (χ4v) is 2.52. The van der Waals surface area contributed by atoms with Gasteiger partial charge in [0, 0.05) is 18.8 Å². The molecule has 0 aliphatic carbocycles. The molecule has 3 nitrogen and oxygen atoms in total. The Morgan fingerprint density at radius 1 is 1.35 bits per heavy atom. The number of hydrogen-bond acceptors (Lipinski definition) is 2. The Labute approximate surface area is 101 Å². The van der Waals surface area contributed by atoms with Gasteiger partial charge >= 0.3 is 0 Å². The molecular formula is C14H17N3. The van der Waals surface area contributed by atoms with Crippen LogP contribution in [-0.2, 0) is 6.42 Å². The number of aromatic nitrogens is 2. The van der Waals surface area contributed by atoms with E-state index in [4.69, 9.17) is 0 Å². The molecular weight excluding hydrogens is 210 g/mol. The standard InChI is InChI=1S/C14H17N3/c1-10-13-9-12(14-5-7-15-16-14)4-3-11(13)6-8-17(10)2/h3-5,7,9-10H,6,8H2,1-2H3,(H,15,16). The van der Waals surface area contributed by atoms with Crippen LogP contribution in [0, 0.1) is 0 Å². The zero-order valence-electron chi connectivity index (χ0n) is 10.3. The van der Waals surface area contributed by atoms with Crippen LogP contribution in [0.15, 0.2) is 30.5 Å². The van der Waals surface area contributed by atoms with Crippen LogP contribution in [-0.4, -0.2) is 28.7 Å². The molecule has 1 unspecified atom stereocenters. The number of rotatable bonds is 1. The summed E-state index contributed by atoms with van der Waals surface area (Å²) in [4.78, 5) is 2.40. The number of aromatic amines is 1. The van der Waals surface area contributed by atoms with E-state index in [2.05, 4.69) is 47.3 Å². The summed E-state index contributed by atoms with van der Waals surface area (Å²) in [5, 5.41) is 7.03. The van der Waals surface area contributed by atoms with Gasteiger partial charge in [-0.2, -0.15) is 5.10 Å². The van der Waals surface area contributed by atoms with Crippen molar-refractivity contribution in [1.82, 2.24) is 15.1 Å². The third-order valence-corrected chi connectivity index (χ3v) is 3.80. The van der Waals surface area contributed by atoms with E-state index in [-0.39, 0.29) is 0 Å². The molecule has 0 bridgehead atoms. The first-order valence-electron chi connectivity index (χ1n) is 6.08. The normalized spacial score (nSPS) is 20.2. The molecule has 0 spiro atoms. The number of H-pyrrole nitrogens is 1. The number of nitrogens with one attached hydrogen (secondary N) is 1. The lowest BCUT2D eigenvalue weighted by atomic mass is 9.91. The number of nitrogens with zero attached hydrogens (tertiary/aromatic N) is 2. The van der Waals surface area contributed by atoms with Crippen LogP contribution in [0.25, 0.3) is 11.3 Å². The molecule has 1 aliphatic heterocycles. The minimum absolute atomic E-state index is 0.502. The van der Waals surface area contributed by atoms with Crippen LogP contribution < -0.4 is 0 Å². The van der Waals surface area contributed by atoms with Gasteiger partial charge in [0.15, 0.2) is 0 Å². The van der Waals surface area contributed by atoms with Gasteiger partial charge in [-0.25, -0.2) is 0 Å². The van der Waals surface area contributed by atoms with Gasteiger partial charge < -0.3 is 0 Å². The zero-order chi connectivity index (χ0) is 11.8. The molecule has 1 atom stereocenters. The fraction of sp³-hybridized carbons (Fsp3) is 0.357. The third kappa shape index (κ3) is 1.76. The molecule has 0 radical (unpaired) electrons. The van der Waals surface area contributed by atoms with E-state index in [9.17, 15) is 0 Å². The van der Waals surface area contributed by atoms with E-state index in [1.54, 1.807) is 6.20 Å².